The molecule has 0 saturated carbocycles. The van der Waals surface area contributed by atoms with Crippen LogP contribution in [0.5, 0.6) is 0 Å². The average Bonchev–Trinajstić information content (AvgIpc) is 3.32. The van der Waals surface area contributed by atoms with Crippen molar-refractivity contribution in [3.05, 3.63) is 114 Å². The fourth-order valence-electron chi connectivity index (χ4n) is 4.64. The van der Waals surface area contributed by atoms with Crippen molar-refractivity contribution < 1.29 is 4.42 Å². The van der Waals surface area contributed by atoms with Gasteiger partial charge in [0.1, 0.15) is 11.2 Å². The predicted octanol–water partition coefficient (Wildman–Crippen LogP) is 8.58. The third kappa shape index (κ3) is 3.51. The summed E-state index contributed by atoms with van der Waals surface area (Å²) in [6, 6.07) is 36.1. The van der Waals surface area contributed by atoms with Gasteiger partial charge in [0.25, 0.3) is 0 Å². The quantitative estimate of drug-likeness (QED) is 0.252. The Morgan fingerprint density at radius 1 is 0.500 bits per heavy atom. The summed E-state index contributed by atoms with van der Waals surface area (Å²) in [7, 11) is 0. The van der Waals surface area contributed by atoms with Crippen LogP contribution in [0.2, 0.25) is 5.02 Å². The number of nitrogens with zero attached hydrogens (tertiary/aromatic N) is 3. The third-order valence-corrected chi connectivity index (χ3v) is 6.61. The first-order valence-electron chi connectivity index (χ1n) is 11.6. The van der Waals surface area contributed by atoms with E-state index in [9.17, 15) is 0 Å². The molecule has 7 aromatic rings. The Morgan fingerprint density at radius 3 is 1.75 bits per heavy atom. The fourth-order valence-corrected chi connectivity index (χ4v) is 4.82. The van der Waals surface area contributed by atoms with Gasteiger partial charge in [-0.3, -0.25) is 0 Å². The van der Waals surface area contributed by atoms with Crippen LogP contribution in [0.4, 0.5) is 0 Å². The van der Waals surface area contributed by atoms with Crippen LogP contribution in [0.15, 0.2) is 114 Å². The van der Waals surface area contributed by atoms with Crippen molar-refractivity contribution in [3.63, 3.8) is 0 Å². The van der Waals surface area contributed by atoms with Crippen molar-refractivity contribution >= 4 is 44.3 Å². The standard InChI is InChI=1S/C31H18ClN3O/c32-23-14-16-26-25(18-23)28-24-17-22(12-11-19(24)13-15-27(28)36-26)31-34-29(20-7-3-1-4-8-20)33-30(35-31)21-9-5-2-6-10-21/h1-18H. The van der Waals surface area contributed by atoms with Gasteiger partial charge in [-0.25, -0.2) is 15.0 Å². The van der Waals surface area contributed by atoms with Gasteiger partial charge in [-0.05, 0) is 41.1 Å². The number of halogens is 1. The summed E-state index contributed by atoms with van der Waals surface area (Å²) in [5.41, 5.74) is 4.42. The highest BCUT2D eigenvalue weighted by Gasteiger charge is 2.15. The highest BCUT2D eigenvalue weighted by atomic mass is 35.5. The van der Waals surface area contributed by atoms with Crippen molar-refractivity contribution in [2.45, 2.75) is 0 Å². The number of fused-ring (bicyclic) bond motifs is 5. The first-order valence-corrected chi connectivity index (χ1v) is 12.0. The van der Waals surface area contributed by atoms with Crippen molar-refractivity contribution in [2.24, 2.45) is 0 Å². The Labute approximate surface area is 211 Å². The van der Waals surface area contributed by atoms with E-state index in [1.54, 1.807) is 0 Å². The van der Waals surface area contributed by atoms with Crippen LogP contribution in [-0.4, -0.2) is 15.0 Å². The lowest BCUT2D eigenvalue weighted by Crippen LogP contribution is -2.00. The van der Waals surface area contributed by atoms with E-state index in [2.05, 4.69) is 24.3 Å². The molecule has 0 saturated heterocycles. The molecule has 170 valence electrons. The molecule has 0 fully saturated rings. The molecule has 2 aromatic heterocycles. The van der Waals surface area contributed by atoms with Gasteiger partial charge in [0.2, 0.25) is 0 Å². The number of hydrogen-bond donors (Lipinski definition) is 0. The van der Waals surface area contributed by atoms with Gasteiger partial charge in [-0.15, -0.1) is 0 Å². The number of rotatable bonds is 3. The number of hydrogen-bond acceptors (Lipinski definition) is 4. The third-order valence-electron chi connectivity index (χ3n) is 6.37. The molecule has 36 heavy (non-hydrogen) atoms. The zero-order valence-corrected chi connectivity index (χ0v) is 19.8. The molecule has 7 rings (SSSR count). The molecule has 0 amide bonds. The Morgan fingerprint density at radius 2 is 1.08 bits per heavy atom. The Bertz CT molecular complexity index is 1840. The predicted molar refractivity (Wildman–Crippen MR) is 146 cm³/mol. The molecule has 0 radical (unpaired) electrons. The van der Waals surface area contributed by atoms with Crippen molar-refractivity contribution in [3.8, 4) is 34.2 Å². The van der Waals surface area contributed by atoms with Gasteiger partial charge in [-0.1, -0.05) is 90.5 Å². The second kappa shape index (κ2) is 8.29. The molecule has 4 nitrogen and oxygen atoms in total. The van der Waals surface area contributed by atoms with E-state index < -0.39 is 0 Å². The van der Waals surface area contributed by atoms with Crippen molar-refractivity contribution in [1.82, 2.24) is 15.0 Å². The molecule has 5 aromatic carbocycles. The van der Waals surface area contributed by atoms with Gasteiger partial charge in [0, 0.05) is 32.5 Å². The maximum atomic E-state index is 6.34. The van der Waals surface area contributed by atoms with Crippen LogP contribution in [0.25, 0.3) is 66.9 Å². The first kappa shape index (κ1) is 20.8. The molecule has 0 aliphatic heterocycles. The SMILES string of the molecule is Clc1ccc2oc3ccc4ccc(-c5nc(-c6ccccc6)nc(-c6ccccc6)n5)cc4c3c2c1. The molecule has 0 bridgehead atoms. The second-order valence-corrected chi connectivity index (χ2v) is 9.09. The molecule has 0 unspecified atom stereocenters. The van der Waals surface area contributed by atoms with Crippen LogP contribution in [0.1, 0.15) is 0 Å². The maximum absolute atomic E-state index is 6.34. The van der Waals surface area contributed by atoms with Crippen LogP contribution in [0, 0.1) is 0 Å². The van der Waals surface area contributed by atoms with Gasteiger partial charge in [0.05, 0.1) is 0 Å². The minimum absolute atomic E-state index is 0.618. The van der Waals surface area contributed by atoms with E-state index in [1.165, 1.54) is 0 Å². The Kier molecular flexibility index (Phi) is 4.79. The molecular formula is C31H18ClN3O. The maximum Gasteiger partial charge on any atom is 0.164 e. The highest BCUT2D eigenvalue weighted by molar-refractivity contribution is 6.32. The lowest BCUT2D eigenvalue weighted by atomic mass is 10.0. The van der Waals surface area contributed by atoms with Crippen LogP contribution >= 0.6 is 11.6 Å². The van der Waals surface area contributed by atoms with E-state index in [0.717, 1.165) is 49.4 Å². The number of aromatic nitrogens is 3. The molecule has 2 heterocycles. The summed E-state index contributed by atoms with van der Waals surface area (Å²) in [6.07, 6.45) is 0. The van der Waals surface area contributed by atoms with Crippen LogP contribution in [0.3, 0.4) is 0 Å². The summed E-state index contributed by atoms with van der Waals surface area (Å²) < 4.78 is 6.12. The minimum Gasteiger partial charge on any atom is -0.456 e. The summed E-state index contributed by atoms with van der Waals surface area (Å²) >= 11 is 6.34. The summed E-state index contributed by atoms with van der Waals surface area (Å²) in [4.78, 5) is 14.6. The molecule has 0 aliphatic rings. The molecule has 0 aliphatic carbocycles. The van der Waals surface area contributed by atoms with Crippen LogP contribution < -0.4 is 0 Å². The Hall–Kier alpha value is -4.54. The van der Waals surface area contributed by atoms with E-state index in [-0.39, 0.29) is 0 Å². The van der Waals surface area contributed by atoms with Gasteiger partial charge in [-0.2, -0.15) is 0 Å². The number of furan rings is 1. The van der Waals surface area contributed by atoms with Crippen molar-refractivity contribution in [1.29, 1.82) is 0 Å². The van der Waals surface area contributed by atoms with Gasteiger partial charge in [0.15, 0.2) is 17.5 Å². The monoisotopic (exact) mass is 483 g/mol. The molecule has 0 atom stereocenters. The van der Waals surface area contributed by atoms with Gasteiger partial charge < -0.3 is 4.42 Å². The largest absolute Gasteiger partial charge is 0.456 e. The second-order valence-electron chi connectivity index (χ2n) is 8.66. The van der Waals surface area contributed by atoms with E-state index in [4.69, 9.17) is 31.0 Å². The minimum atomic E-state index is 0.618. The lowest BCUT2D eigenvalue weighted by Gasteiger charge is -2.09. The van der Waals surface area contributed by atoms with Crippen LogP contribution in [-0.2, 0) is 0 Å². The fraction of sp³-hybridized carbons (Fsp3) is 0. The van der Waals surface area contributed by atoms with E-state index in [0.29, 0.717) is 22.5 Å². The molecule has 0 spiro atoms. The summed E-state index contributed by atoms with van der Waals surface area (Å²) in [5, 5.41) is 4.87. The zero-order valence-electron chi connectivity index (χ0n) is 19.0. The Balaban J connectivity index is 1.49. The highest BCUT2D eigenvalue weighted by Crippen LogP contribution is 2.37. The normalized spacial score (nSPS) is 11.5. The lowest BCUT2D eigenvalue weighted by molar-refractivity contribution is 0.669. The zero-order chi connectivity index (χ0) is 24.1. The summed E-state index contributed by atoms with van der Waals surface area (Å²) in [5.74, 6) is 1.89. The topological polar surface area (TPSA) is 51.8 Å². The molecular weight excluding hydrogens is 466 g/mol. The van der Waals surface area contributed by atoms with E-state index in [1.807, 2.05) is 84.9 Å². The molecule has 0 N–H and O–H groups in total. The number of benzene rings is 5. The van der Waals surface area contributed by atoms with E-state index >= 15 is 0 Å². The summed E-state index contributed by atoms with van der Waals surface area (Å²) in [6.45, 7) is 0. The van der Waals surface area contributed by atoms with Crippen molar-refractivity contribution in [2.75, 3.05) is 0 Å². The van der Waals surface area contributed by atoms with Gasteiger partial charge >= 0.3 is 0 Å². The first-order chi connectivity index (χ1) is 17.7. The average molecular weight is 484 g/mol. The smallest absolute Gasteiger partial charge is 0.164 e. The molecule has 5 heteroatoms.